The zero-order chi connectivity index (χ0) is 10.8. The lowest BCUT2D eigenvalue weighted by Gasteiger charge is -2.02. The van der Waals surface area contributed by atoms with Crippen LogP contribution in [0.3, 0.4) is 0 Å². The quantitative estimate of drug-likeness (QED) is 0.812. The van der Waals surface area contributed by atoms with Crippen LogP contribution in [0.25, 0.3) is 10.8 Å². The standard InChI is InChI=1S/C11H11ClN2O/c12-8-1-2-10-7(5-8)6-9(3-4-13)14-11(10)15/h1-2,5-6H,3-4,13H2,(H,14,15). The Morgan fingerprint density at radius 1 is 1.33 bits per heavy atom. The third-order valence-corrected chi connectivity index (χ3v) is 2.51. The minimum atomic E-state index is -0.0902. The average Bonchev–Trinajstić information content (AvgIpc) is 2.17. The molecule has 15 heavy (non-hydrogen) atoms. The first kappa shape index (κ1) is 10.2. The number of aromatic amines is 1. The lowest BCUT2D eigenvalue weighted by molar-refractivity contribution is 0.919. The maximum absolute atomic E-state index is 11.6. The molecule has 0 spiro atoms. The zero-order valence-corrected chi connectivity index (χ0v) is 8.84. The predicted octanol–water partition coefficient (Wildman–Crippen LogP) is 1.68. The summed E-state index contributed by atoms with van der Waals surface area (Å²) in [5, 5.41) is 2.14. The van der Waals surface area contributed by atoms with Gasteiger partial charge in [-0.15, -0.1) is 0 Å². The van der Waals surface area contributed by atoms with Crippen molar-refractivity contribution in [2.75, 3.05) is 6.54 Å². The number of aromatic nitrogens is 1. The van der Waals surface area contributed by atoms with Crippen molar-refractivity contribution < 1.29 is 0 Å². The molecule has 0 aliphatic rings. The molecule has 0 bridgehead atoms. The highest BCUT2D eigenvalue weighted by Gasteiger charge is 2.01. The van der Waals surface area contributed by atoms with E-state index in [1.807, 2.05) is 6.07 Å². The molecule has 1 heterocycles. The Kier molecular flexibility index (Phi) is 2.75. The summed E-state index contributed by atoms with van der Waals surface area (Å²) in [5.74, 6) is 0. The van der Waals surface area contributed by atoms with Gasteiger partial charge in [0.15, 0.2) is 0 Å². The predicted molar refractivity (Wildman–Crippen MR) is 62.3 cm³/mol. The number of H-pyrrole nitrogens is 1. The summed E-state index contributed by atoms with van der Waals surface area (Å²) in [7, 11) is 0. The van der Waals surface area contributed by atoms with E-state index in [4.69, 9.17) is 17.3 Å². The van der Waals surface area contributed by atoms with E-state index in [1.165, 1.54) is 0 Å². The Labute approximate surface area is 91.9 Å². The molecule has 3 N–H and O–H groups in total. The van der Waals surface area contributed by atoms with E-state index in [0.717, 1.165) is 11.1 Å². The van der Waals surface area contributed by atoms with E-state index in [2.05, 4.69) is 4.98 Å². The summed E-state index contributed by atoms with van der Waals surface area (Å²) < 4.78 is 0. The van der Waals surface area contributed by atoms with Crippen molar-refractivity contribution in [3.8, 4) is 0 Å². The number of pyridine rings is 1. The normalized spacial score (nSPS) is 10.8. The number of nitrogens with two attached hydrogens (primary N) is 1. The van der Waals surface area contributed by atoms with E-state index in [-0.39, 0.29) is 5.56 Å². The maximum atomic E-state index is 11.6. The summed E-state index contributed by atoms with van der Waals surface area (Å²) in [6.07, 6.45) is 0.664. The van der Waals surface area contributed by atoms with Crippen molar-refractivity contribution in [2.45, 2.75) is 6.42 Å². The fourth-order valence-electron chi connectivity index (χ4n) is 1.59. The van der Waals surface area contributed by atoms with Crippen LogP contribution in [-0.2, 0) is 6.42 Å². The molecule has 0 saturated heterocycles. The van der Waals surface area contributed by atoms with Crippen molar-refractivity contribution in [3.05, 3.63) is 45.3 Å². The number of rotatable bonds is 2. The monoisotopic (exact) mass is 222 g/mol. The summed E-state index contributed by atoms with van der Waals surface area (Å²) in [6.45, 7) is 0.516. The van der Waals surface area contributed by atoms with Gasteiger partial charge in [-0.3, -0.25) is 4.79 Å². The molecule has 0 amide bonds. The summed E-state index contributed by atoms with van der Waals surface area (Å²) in [4.78, 5) is 14.4. The second-order valence-corrected chi connectivity index (χ2v) is 3.83. The van der Waals surface area contributed by atoms with Gasteiger partial charge in [0.25, 0.3) is 5.56 Å². The Balaban J connectivity index is 2.68. The summed E-state index contributed by atoms with van der Waals surface area (Å²) in [5.41, 5.74) is 6.19. The molecule has 0 atom stereocenters. The van der Waals surface area contributed by atoms with Crippen molar-refractivity contribution >= 4 is 22.4 Å². The number of hydrogen-bond donors (Lipinski definition) is 2. The smallest absolute Gasteiger partial charge is 0.256 e. The van der Waals surface area contributed by atoms with E-state index in [0.29, 0.717) is 23.4 Å². The topological polar surface area (TPSA) is 58.9 Å². The molecular weight excluding hydrogens is 212 g/mol. The van der Waals surface area contributed by atoms with Crippen molar-refractivity contribution in [1.29, 1.82) is 0 Å². The molecule has 0 fully saturated rings. The molecule has 78 valence electrons. The van der Waals surface area contributed by atoms with Crippen LogP contribution in [0.1, 0.15) is 5.69 Å². The molecule has 2 rings (SSSR count). The second kappa shape index (κ2) is 4.04. The lowest BCUT2D eigenvalue weighted by atomic mass is 10.1. The molecule has 1 aromatic heterocycles. The first-order chi connectivity index (χ1) is 7.20. The Morgan fingerprint density at radius 3 is 2.87 bits per heavy atom. The molecule has 0 radical (unpaired) electrons. The fraction of sp³-hybridized carbons (Fsp3) is 0.182. The zero-order valence-electron chi connectivity index (χ0n) is 8.09. The molecule has 1 aromatic carbocycles. The third kappa shape index (κ3) is 2.03. The van der Waals surface area contributed by atoms with Gasteiger partial charge in [-0.1, -0.05) is 11.6 Å². The maximum Gasteiger partial charge on any atom is 0.256 e. The molecule has 0 aliphatic carbocycles. The van der Waals surface area contributed by atoms with Gasteiger partial charge in [0.2, 0.25) is 0 Å². The number of fused-ring (bicyclic) bond motifs is 1. The van der Waals surface area contributed by atoms with E-state index in [9.17, 15) is 4.79 Å². The van der Waals surface area contributed by atoms with Crippen LogP contribution in [-0.4, -0.2) is 11.5 Å². The van der Waals surface area contributed by atoms with Gasteiger partial charge in [0, 0.05) is 16.1 Å². The van der Waals surface area contributed by atoms with Crippen molar-refractivity contribution in [2.24, 2.45) is 5.73 Å². The van der Waals surface area contributed by atoms with Crippen LogP contribution in [0, 0.1) is 0 Å². The molecule has 0 saturated carbocycles. The van der Waals surface area contributed by atoms with Gasteiger partial charge in [-0.05, 0) is 42.6 Å². The first-order valence-corrected chi connectivity index (χ1v) is 5.10. The van der Waals surface area contributed by atoms with E-state index in [1.54, 1.807) is 18.2 Å². The summed E-state index contributed by atoms with van der Waals surface area (Å²) in [6, 6.07) is 7.13. The molecular formula is C11H11ClN2O. The van der Waals surface area contributed by atoms with Crippen LogP contribution in [0.2, 0.25) is 5.02 Å². The number of nitrogens with one attached hydrogen (secondary N) is 1. The number of benzene rings is 1. The Bertz CT molecular complexity index is 548. The highest BCUT2D eigenvalue weighted by molar-refractivity contribution is 6.31. The highest BCUT2D eigenvalue weighted by Crippen LogP contribution is 2.16. The van der Waals surface area contributed by atoms with Crippen LogP contribution >= 0.6 is 11.6 Å². The average molecular weight is 223 g/mol. The molecule has 4 heteroatoms. The van der Waals surface area contributed by atoms with Gasteiger partial charge >= 0.3 is 0 Å². The van der Waals surface area contributed by atoms with Gasteiger partial charge in [-0.25, -0.2) is 0 Å². The van der Waals surface area contributed by atoms with Gasteiger partial charge in [0.1, 0.15) is 0 Å². The number of halogens is 1. The minimum absolute atomic E-state index is 0.0902. The molecule has 0 aliphatic heterocycles. The van der Waals surface area contributed by atoms with Gasteiger partial charge in [0.05, 0.1) is 0 Å². The van der Waals surface area contributed by atoms with Crippen molar-refractivity contribution in [3.63, 3.8) is 0 Å². The van der Waals surface area contributed by atoms with E-state index >= 15 is 0 Å². The third-order valence-electron chi connectivity index (χ3n) is 2.28. The first-order valence-electron chi connectivity index (χ1n) is 4.72. The second-order valence-electron chi connectivity index (χ2n) is 3.39. The lowest BCUT2D eigenvalue weighted by Crippen LogP contribution is -2.12. The SMILES string of the molecule is NCCc1cc2cc(Cl)ccc2c(=O)[nH]1. The van der Waals surface area contributed by atoms with Crippen molar-refractivity contribution in [1.82, 2.24) is 4.98 Å². The fourth-order valence-corrected chi connectivity index (χ4v) is 1.77. The Hall–Kier alpha value is -1.32. The Morgan fingerprint density at radius 2 is 2.13 bits per heavy atom. The minimum Gasteiger partial charge on any atom is -0.330 e. The molecule has 2 aromatic rings. The van der Waals surface area contributed by atoms with Gasteiger partial charge in [-0.2, -0.15) is 0 Å². The molecule has 0 unspecified atom stereocenters. The van der Waals surface area contributed by atoms with Gasteiger partial charge < -0.3 is 10.7 Å². The van der Waals surface area contributed by atoms with Crippen LogP contribution in [0.15, 0.2) is 29.1 Å². The molecule has 3 nitrogen and oxygen atoms in total. The highest BCUT2D eigenvalue weighted by atomic mass is 35.5. The summed E-state index contributed by atoms with van der Waals surface area (Å²) >= 11 is 5.86. The van der Waals surface area contributed by atoms with Crippen LogP contribution in [0.4, 0.5) is 0 Å². The van der Waals surface area contributed by atoms with Crippen LogP contribution in [0.5, 0.6) is 0 Å². The largest absolute Gasteiger partial charge is 0.330 e. The van der Waals surface area contributed by atoms with Crippen LogP contribution < -0.4 is 11.3 Å². The number of hydrogen-bond acceptors (Lipinski definition) is 2. The van der Waals surface area contributed by atoms with E-state index < -0.39 is 0 Å².